The van der Waals surface area contributed by atoms with E-state index in [0.717, 1.165) is 4.88 Å². The Kier molecular flexibility index (Phi) is 6.56. The van der Waals surface area contributed by atoms with E-state index in [-0.39, 0.29) is 29.2 Å². The van der Waals surface area contributed by atoms with Gasteiger partial charge in [-0.2, -0.15) is 0 Å². The van der Waals surface area contributed by atoms with E-state index < -0.39 is 10.9 Å². The second kappa shape index (κ2) is 8.52. The van der Waals surface area contributed by atoms with Gasteiger partial charge in [0.15, 0.2) is 0 Å². The Bertz CT molecular complexity index is 895. The van der Waals surface area contributed by atoms with Crippen LogP contribution in [0.15, 0.2) is 24.3 Å². The van der Waals surface area contributed by atoms with Crippen molar-refractivity contribution >= 4 is 33.9 Å². The number of hydrogen-bond donors (Lipinski definition) is 1. The van der Waals surface area contributed by atoms with Crippen LogP contribution in [0.2, 0.25) is 0 Å². The second-order valence-electron chi connectivity index (χ2n) is 7.55. The van der Waals surface area contributed by atoms with Gasteiger partial charge in [-0.05, 0) is 37.0 Å². The van der Waals surface area contributed by atoms with Crippen LogP contribution in [0.25, 0.3) is 11.1 Å². The van der Waals surface area contributed by atoms with Gasteiger partial charge in [0.05, 0.1) is 11.5 Å². The molecule has 7 nitrogen and oxygen atoms in total. The maximum absolute atomic E-state index is 12.6. The molecule has 1 N–H and O–H groups in total. The lowest BCUT2D eigenvalue weighted by Gasteiger charge is -2.17. The lowest BCUT2D eigenvalue weighted by atomic mass is 9.92. The number of ether oxygens (including phenoxy) is 1. The molecule has 0 aliphatic carbocycles. The van der Waals surface area contributed by atoms with E-state index in [4.69, 9.17) is 4.74 Å². The van der Waals surface area contributed by atoms with Crippen LogP contribution in [-0.2, 0) is 9.53 Å². The number of anilines is 1. The highest BCUT2D eigenvalue weighted by atomic mass is 32.1. The van der Waals surface area contributed by atoms with Crippen LogP contribution in [0, 0.1) is 22.5 Å². The summed E-state index contributed by atoms with van der Waals surface area (Å²) >= 11 is 1.29. The Morgan fingerprint density at radius 2 is 1.82 bits per heavy atom. The molecule has 0 aliphatic rings. The van der Waals surface area contributed by atoms with E-state index >= 15 is 0 Å². The van der Waals surface area contributed by atoms with Gasteiger partial charge in [-0.25, -0.2) is 4.79 Å². The summed E-state index contributed by atoms with van der Waals surface area (Å²) in [6.07, 6.45) is 0.305. The number of nitro benzene ring substituents is 1. The third-order valence-corrected chi connectivity index (χ3v) is 4.90. The Labute approximate surface area is 167 Å². The topological polar surface area (TPSA) is 98.5 Å². The predicted octanol–water partition coefficient (Wildman–Crippen LogP) is 5.18. The number of nitrogens with zero attached hydrogens (tertiary/aromatic N) is 1. The zero-order valence-electron chi connectivity index (χ0n) is 16.6. The van der Waals surface area contributed by atoms with Crippen molar-refractivity contribution in [2.45, 2.75) is 41.0 Å². The van der Waals surface area contributed by atoms with Crippen molar-refractivity contribution < 1.29 is 19.2 Å². The summed E-state index contributed by atoms with van der Waals surface area (Å²) in [5, 5.41) is 14.2. The smallest absolute Gasteiger partial charge is 0.341 e. The number of nitro groups is 1. The minimum Gasteiger partial charge on any atom is -0.462 e. The fraction of sp³-hybridized carbons (Fsp3) is 0.400. The highest BCUT2D eigenvalue weighted by Crippen LogP contribution is 2.41. The van der Waals surface area contributed by atoms with Gasteiger partial charge >= 0.3 is 5.97 Å². The van der Waals surface area contributed by atoms with Gasteiger partial charge in [0.1, 0.15) is 10.6 Å². The van der Waals surface area contributed by atoms with Crippen molar-refractivity contribution in [3.63, 3.8) is 0 Å². The van der Waals surface area contributed by atoms with Crippen LogP contribution in [-0.4, -0.2) is 23.4 Å². The van der Waals surface area contributed by atoms with Crippen molar-refractivity contribution in [2.75, 3.05) is 11.9 Å². The lowest BCUT2D eigenvalue weighted by molar-refractivity contribution is -0.384. The van der Waals surface area contributed by atoms with Gasteiger partial charge < -0.3 is 10.1 Å². The average molecular weight is 404 g/mol. The maximum Gasteiger partial charge on any atom is 0.341 e. The van der Waals surface area contributed by atoms with E-state index in [9.17, 15) is 19.7 Å². The predicted molar refractivity (Wildman–Crippen MR) is 110 cm³/mol. The van der Waals surface area contributed by atoms with E-state index in [2.05, 4.69) is 5.32 Å². The summed E-state index contributed by atoms with van der Waals surface area (Å²) in [6.45, 7) is 9.62. The van der Waals surface area contributed by atoms with E-state index in [1.807, 2.05) is 27.7 Å². The molecule has 0 radical (unpaired) electrons. The quantitative estimate of drug-likeness (QED) is 0.406. The molecule has 1 amide bonds. The van der Waals surface area contributed by atoms with Crippen LogP contribution in [0.3, 0.4) is 0 Å². The SMILES string of the molecule is CCOC(=O)c1c(NC(=O)CC(C)(C)C)sc(C)c1-c1ccc([N+](=O)[O-])cc1. The van der Waals surface area contributed by atoms with Gasteiger partial charge in [0.25, 0.3) is 5.69 Å². The summed E-state index contributed by atoms with van der Waals surface area (Å²) in [5.41, 5.74) is 1.32. The molecule has 150 valence electrons. The van der Waals surface area contributed by atoms with E-state index in [1.54, 1.807) is 19.1 Å². The zero-order valence-corrected chi connectivity index (χ0v) is 17.4. The third kappa shape index (κ3) is 5.16. The van der Waals surface area contributed by atoms with Gasteiger partial charge in [-0.1, -0.05) is 20.8 Å². The second-order valence-corrected chi connectivity index (χ2v) is 8.77. The summed E-state index contributed by atoms with van der Waals surface area (Å²) < 4.78 is 5.20. The molecular weight excluding hydrogens is 380 g/mol. The normalized spacial score (nSPS) is 11.2. The van der Waals surface area contributed by atoms with Gasteiger partial charge in [0.2, 0.25) is 5.91 Å². The lowest BCUT2D eigenvalue weighted by Crippen LogP contribution is -2.20. The Hall–Kier alpha value is -2.74. The minimum absolute atomic E-state index is 0.0342. The third-order valence-electron chi connectivity index (χ3n) is 3.87. The number of amides is 1. The van der Waals surface area contributed by atoms with Gasteiger partial charge in [-0.3, -0.25) is 14.9 Å². The standard InChI is InChI=1S/C20H24N2O5S/c1-6-27-19(24)17-16(13-7-9-14(10-8-13)22(25)26)12(2)28-18(17)21-15(23)11-20(3,4)5/h7-10H,6,11H2,1-5H3,(H,21,23). The number of carbonyl (C=O) groups is 2. The number of nitrogens with one attached hydrogen (secondary N) is 1. The molecule has 8 heteroatoms. The summed E-state index contributed by atoms with van der Waals surface area (Å²) in [5.74, 6) is -0.721. The molecule has 0 saturated heterocycles. The maximum atomic E-state index is 12.6. The number of aryl methyl sites for hydroxylation is 1. The average Bonchev–Trinajstić information content (AvgIpc) is 2.89. The van der Waals surface area contributed by atoms with Crippen LogP contribution in [0.1, 0.15) is 49.4 Å². The molecule has 0 fully saturated rings. The number of hydrogen-bond acceptors (Lipinski definition) is 6. The zero-order chi connectivity index (χ0) is 21.1. The molecule has 2 rings (SSSR count). The molecule has 0 aliphatic heterocycles. The van der Waals surface area contributed by atoms with E-state index in [0.29, 0.717) is 22.5 Å². The molecule has 1 aromatic heterocycles. The van der Waals surface area contributed by atoms with Crippen LogP contribution < -0.4 is 5.32 Å². The highest BCUT2D eigenvalue weighted by molar-refractivity contribution is 7.17. The van der Waals surface area contributed by atoms with Crippen molar-refractivity contribution in [1.29, 1.82) is 0 Å². The summed E-state index contributed by atoms with van der Waals surface area (Å²) in [4.78, 5) is 36.3. The van der Waals surface area contributed by atoms with Crippen molar-refractivity contribution in [3.8, 4) is 11.1 Å². The molecule has 1 heterocycles. The van der Waals surface area contributed by atoms with Crippen molar-refractivity contribution in [3.05, 3.63) is 44.8 Å². The molecule has 0 bridgehead atoms. The monoisotopic (exact) mass is 404 g/mol. The Morgan fingerprint density at radius 3 is 2.32 bits per heavy atom. The minimum atomic E-state index is -0.536. The van der Waals surface area contributed by atoms with Crippen molar-refractivity contribution in [1.82, 2.24) is 0 Å². The molecular formula is C20H24N2O5S. The van der Waals surface area contributed by atoms with Crippen LogP contribution >= 0.6 is 11.3 Å². The first-order chi connectivity index (χ1) is 13.0. The molecule has 0 atom stereocenters. The molecule has 0 unspecified atom stereocenters. The first-order valence-corrected chi connectivity index (χ1v) is 9.70. The molecule has 2 aromatic rings. The van der Waals surface area contributed by atoms with Crippen molar-refractivity contribution in [2.24, 2.45) is 5.41 Å². The summed E-state index contributed by atoms with van der Waals surface area (Å²) in [6, 6.07) is 5.96. The number of esters is 1. The molecule has 28 heavy (non-hydrogen) atoms. The Morgan fingerprint density at radius 1 is 1.21 bits per heavy atom. The summed E-state index contributed by atoms with van der Waals surface area (Å²) in [7, 11) is 0. The molecule has 1 aromatic carbocycles. The van der Waals surface area contributed by atoms with Gasteiger partial charge in [0, 0.05) is 29.0 Å². The Balaban J connectivity index is 2.50. The number of rotatable bonds is 6. The first-order valence-electron chi connectivity index (χ1n) is 8.88. The van der Waals surface area contributed by atoms with Crippen LogP contribution in [0.4, 0.5) is 10.7 Å². The highest BCUT2D eigenvalue weighted by Gasteiger charge is 2.26. The number of thiophene rings is 1. The van der Waals surface area contributed by atoms with E-state index in [1.165, 1.54) is 23.5 Å². The fourth-order valence-electron chi connectivity index (χ4n) is 2.78. The fourth-order valence-corrected chi connectivity index (χ4v) is 3.86. The number of non-ortho nitro benzene ring substituents is 1. The van der Waals surface area contributed by atoms with Crippen LogP contribution in [0.5, 0.6) is 0 Å². The number of benzene rings is 1. The molecule has 0 saturated carbocycles. The number of carbonyl (C=O) groups excluding carboxylic acids is 2. The van der Waals surface area contributed by atoms with Gasteiger partial charge in [-0.15, -0.1) is 11.3 Å². The first kappa shape index (κ1) is 21.6. The largest absolute Gasteiger partial charge is 0.462 e. The molecule has 0 spiro atoms.